The van der Waals surface area contributed by atoms with Crippen molar-refractivity contribution in [3.63, 3.8) is 0 Å². The second kappa shape index (κ2) is 16.9. The van der Waals surface area contributed by atoms with Crippen LogP contribution in [0.3, 0.4) is 0 Å². The van der Waals surface area contributed by atoms with Gasteiger partial charge in [-0.15, -0.1) is 0 Å². The molecule has 1 aromatic heterocycles. The van der Waals surface area contributed by atoms with Crippen molar-refractivity contribution in [2.75, 3.05) is 53.6 Å². The monoisotopic (exact) mass is 787 g/mol. The van der Waals surface area contributed by atoms with E-state index in [-0.39, 0.29) is 48.9 Å². The molecule has 0 bridgehead atoms. The number of ether oxygens (including phenoxy) is 4. The van der Waals surface area contributed by atoms with E-state index in [0.717, 1.165) is 78.6 Å². The molecule has 6 heterocycles. The summed E-state index contributed by atoms with van der Waals surface area (Å²) in [4.78, 5) is 53.0. The number of hydrogen-bond donors (Lipinski definition) is 5. The Hall–Kier alpha value is -4.84. The molecule has 2 saturated heterocycles. The van der Waals surface area contributed by atoms with Gasteiger partial charge >= 0.3 is 12.2 Å². The summed E-state index contributed by atoms with van der Waals surface area (Å²) in [7, 11) is 2.58. The summed E-state index contributed by atoms with van der Waals surface area (Å²) >= 11 is 0. The SMILES string of the molecule is CCC1OC2=C(CCC(C3=NC(C4CCCN4C(=O)CNC(=O)OC)N=C3)C2)c2cc3cc(C4=NC(CNC(O)C(NC(=O)OC)C5CCOC5)NC4)ccc3n21. The number of carbonyl (C=O) groups is 3. The van der Waals surface area contributed by atoms with Crippen molar-refractivity contribution in [2.24, 2.45) is 26.8 Å². The first-order valence-electron chi connectivity index (χ1n) is 20.1. The van der Waals surface area contributed by atoms with Crippen molar-refractivity contribution in [3.8, 4) is 0 Å². The van der Waals surface area contributed by atoms with Crippen LogP contribution in [0.4, 0.5) is 9.59 Å². The maximum absolute atomic E-state index is 12.9. The molecule has 6 aliphatic rings. The summed E-state index contributed by atoms with van der Waals surface area (Å²) in [5, 5.41) is 24.0. The number of aromatic nitrogens is 1. The number of allylic oxidation sites excluding steroid dienone is 2. The number of fused-ring (bicyclic) bond motifs is 4. The molecule has 3 amide bonds. The van der Waals surface area contributed by atoms with Crippen LogP contribution in [0.5, 0.6) is 0 Å². The number of aliphatic hydroxyl groups is 1. The van der Waals surface area contributed by atoms with E-state index in [9.17, 15) is 19.5 Å². The molecule has 57 heavy (non-hydrogen) atoms. The molecule has 0 radical (unpaired) electrons. The smallest absolute Gasteiger partial charge is 0.407 e. The minimum absolute atomic E-state index is 0.0240. The molecule has 17 heteroatoms. The summed E-state index contributed by atoms with van der Waals surface area (Å²) in [6, 6.07) is 8.08. The zero-order chi connectivity index (χ0) is 39.6. The topological polar surface area (TPSA) is 202 Å². The maximum atomic E-state index is 12.9. The number of methoxy groups -OCH3 is 2. The van der Waals surface area contributed by atoms with Gasteiger partial charge in [-0.1, -0.05) is 13.0 Å². The van der Waals surface area contributed by atoms with E-state index in [1.54, 1.807) is 4.90 Å². The quantitative estimate of drug-likeness (QED) is 0.199. The highest BCUT2D eigenvalue weighted by Gasteiger charge is 2.39. The van der Waals surface area contributed by atoms with Gasteiger partial charge in [0, 0.05) is 68.1 Å². The summed E-state index contributed by atoms with van der Waals surface area (Å²) in [5.41, 5.74) is 6.49. The van der Waals surface area contributed by atoms with Crippen LogP contribution < -0.4 is 21.3 Å². The van der Waals surface area contributed by atoms with E-state index >= 15 is 0 Å². The zero-order valence-electron chi connectivity index (χ0n) is 32.7. The van der Waals surface area contributed by atoms with Gasteiger partial charge in [0.05, 0.1) is 55.5 Å². The molecular formula is C40H53N9O8. The lowest BCUT2D eigenvalue weighted by atomic mass is 9.83. The second-order valence-electron chi connectivity index (χ2n) is 15.5. The van der Waals surface area contributed by atoms with Crippen LogP contribution in [0.15, 0.2) is 45.0 Å². The molecule has 0 saturated carbocycles. The first-order valence-corrected chi connectivity index (χ1v) is 20.1. The fourth-order valence-corrected chi connectivity index (χ4v) is 9.13. The number of rotatable bonds is 12. The van der Waals surface area contributed by atoms with Gasteiger partial charge in [-0.25, -0.2) is 9.59 Å². The molecule has 5 N–H and O–H groups in total. The number of hydrogen-bond acceptors (Lipinski definition) is 13. The van der Waals surface area contributed by atoms with Gasteiger partial charge < -0.3 is 44.2 Å². The third kappa shape index (κ3) is 8.02. The van der Waals surface area contributed by atoms with Crippen LogP contribution in [0, 0.1) is 11.8 Å². The third-order valence-electron chi connectivity index (χ3n) is 12.1. The van der Waals surface area contributed by atoms with Crippen LogP contribution in [-0.4, -0.2) is 135 Å². The van der Waals surface area contributed by atoms with Crippen molar-refractivity contribution in [3.05, 3.63) is 41.3 Å². The molecule has 2 fully saturated rings. The van der Waals surface area contributed by atoms with Crippen LogP contribution in [0.1, 0.15) is 69.4 Å². The molecule has 306 valence electrons. The number of amides is 3. The molecule has 1 aliphatic carbocycles. The number of aliphatic hydroxyl groups excluding tert-OH is 1. The Morgan fingerprint density at radius 2 is 1.96 bits per heavy atom. The van der Waals surface area contributed by atoms with Gasteiger partial charge in [-0.2, -0.15) is 0 Å². The van der Waals surface area contributed by atoms with Gasteiger partial charge in [0.15, 0.2) is 12.4 Å². The Bertz CT molecular complexity index is 1990. The fourth-order valence-electron chi connectivity index (χ4n) is 9.13. The van der Waals surface area contributed by atoms with E-state index in [4.69, 9.17) is 29.2 Å². The number of carbonyl (C=O) groups excluding carboxylic acids is 3. The average Bonchev–Trinajstić information content (AvgIpc) is 4.09. The first kappa shape index (κ1) is 39.0. The predicted molar refractivity (Wildman–Crippen MR) is 212 cm³/mol. The molecule has 8 unspecified atom stereocenters. The number of likely N-dealkylation sites (tertiary alicyclic amines) is 1. The predicted octanol–water partition coefficient (Wildman–Crippen LogP) is 2.68. The van der Waals surface area contributed by atoms with E-state index in [0.29, 0.717) is 32.8 Å². The molecule has 1 aromatic carbocycles. The van der Waals surface area contributed by atoms with Gasteiger partial charge in [0.25, 0.3) is 0 Å². The van der Waals surface area contributed by atoms with Gasteiger partial charge in [-0.05, 0) is 55.9 Å². The lowest BCUT2D eigenvalue weighted by Gasteiger charge is -2.36. The molecular weight excluding hydrogens is 734 g/mol. The Morgan fingerprint density at radius 1 is 1.11 bits per heavy atom. The minimum Gasteiger partial charge on any atom is -0.474 e. The van der Waals surface area contributed by atoms with Crippen molar-refractivity contribution in [1.82, 2.24) is 30.7 Å². The highest BCUT2D eigenvalue weighted by atomic mass is 16.5. The highest BCUT2D eigenvalue weighted by Crippen LogP contribution is 2.46. The number of alkyl carbamates (subject to hydrolysis) is 2. The minimum atomic E-state index is -0.996. The van der Waals surface area contributed by atoms with E-state index in [2.05, 4.69) is 61.8 Å². The third-order valence-corrected chi connectivity index (χ3v) is 12.1. The van der Waals surface area contributed by atoms with E-state index < -0.39 is 24.5 Å². The molecule has 5 aliphatic heterocycles. The van der Waals surface area contributed by atoms with Crippen molar-refractivity contribution in [1.29, 1.82) is 0 Å². The number of aliphatic imine (C=N–C) groups is 3. The van der Waals surface area contributed by atoms with Crippen molar-refractivity contribution < 1.29 is 38.4 Å². The number of benzene rings is 1. The van der Waals surface area contributed by atoms with Crippen molar-refractivity contribution in [2.45, 2.75) is 88.7 Å². The first-order chi connectivity index (χ1) is 27.7. The van der Waals surface area contributed by atoms with Crippen LogP contribution in [0.2, 0.25) is 0 Å². The van der Waals surface area contributed by atoms with Gasteiger partial charge in [0.2, 0.25) is 5.91 Å². The van der Waals surface area contributed by atoms with E-state index in [1.807, 2.05) is 6.21 Å². The molecule has 8 atom stereocenters. The summed E-state index contributed by atoms with van der Waals surface area (Å²) < 4.78 is 24.0. The Labute approximate surface area is 331 Å². The fraction of sp³-hybridized carbons (Fsp3) is 0.600. The zero-order valence-corrected chi connectivity index (χ0v) is 32.7. The highest BCUT2D eigenvalue weighted by molar-refractivity contribution is 6.33. The summed E-state index contributed by atoms with van der Waals surface area (Å²) in [6.07, 6.45) is 4.70. The standard InChI is InChI=1S/C40H53N9O8/c1-4-35-49-29-10-8-22(27-17-41-33(45-27)19-43-38(51)36(47-40(53)55-3)24-11-13-56-21-24)14-25(29)15-31(49)26-9-7-23(16-32(26)57-35)28-18-42-37(46-28)30-6-5-12-48(30)34(50)20-44-39(52)54-2/h8,10,14-15,18,23-24,30,33,35-38,41,43,51H,4-7,9,11-13,16-17,19-21H2,1-3H3,(H,44,52)(H,47,53). The molecule has 17 nitrogen and oxygen atoms in total. The molecule has 0 spiro atoms. The average molecular weight is 788 g/mol. The lowest BCUT2D eigenvalue weighted by Crippen LogP contribution is -2.55. The van der Waals surface area contributed by atoms with E-state index in [1.165, 1.54) is 25.5 Å². The Balaban J connectivity index is 0.935. The van der Waals surface area contributed by atoms with Crippen LogP contribution in [0.25, 0.3) is 16.5 Å². The number of nitrogens with zero attached hydrogens (tertiary/aromatic N) is 5. The Morgan fingerprint density at radius 3 is 2.75 bits per heavy atom. The number of nitrogens with one attached hydrogen (secondary N) is 4. The maximum Gasteiger partial charge on any atom is 0.407 e. The lowest BCUT2D eigenvalue weighted by molar-refractivity contribution is -0.131. The molecule has 8 rings (SSSR count). The van der Waals surface area contributed by atoms with Crippen LogP contribution in [-0.2, 0) is 23.7 Å². The summed E-state index contributed by atoms with van der Waals surface area (Å²) in [6.45, 7) is 4.68. The molecule has 2 aromatic rings. The summed E-state index contributed by atoms with van der Waals surface area (Å²) in [5.74, 6) is 1.01. The normalized spacial score (nSPS) is 27.7. The van der Waals surface area contributed by atoms with Gasteiger partial charge in [0.1, 0.15) is 24.7 Å². The second-order valence-corrected chi connectivity index (χ2v) is 15.5. The van der Waals surface area contributed by atoms with Crippen LogP contribution >= 0.6 is 0 Å². The largest absolute Gasteiger partial charge is 0.474 e. The van der Waals surface area contributed by atoms with Gasteiger partial charge in [-0.3, -0.25) is 30.4 Å². The Kier molecular flexibility index (Phi) is 11.6. The van der Waals surface area contributed by atoms with Crippen molar-refractivity contribution >= 4 is 52.2 Å².